The molecule has 154 valence electrons. The van der Waals surface area contributed by atoms with E-state index < -0.39 is 0 Å². The average Bonchev–Trinajstić information content (AvgIpc) is 3.30. The second-order valence-electron chi connectivity index (χ2n) is 6.51. The molecule has 0 aromatic carbocycles. The number of carbonyl (C=O) groups is 1. The normalized spacial score (nSPS) is 14.7. The van der Waals surface area contributed by atoms with Crippen LogP contribution in [0.25, 0.3) is 0 Å². The summed E-state index contributed by atoms with van der Waals surface area (Å²) in [6.07, 6.45) is 9.62. The van der Waals surface area contributed by atoms with E-state index in [9.17, 15) is 4.79 Å². The molecule has 1 saturated carbocycles. The molecule has 1 aliphatic rings. The Morgan fingerprint density at radius 2 is 2.11 bits per heavy atom. The van der Waals surface area contributed by atoms with Gasteiger partial charge in [-0.2, -0.15) is 0 Å². The number of guanidine groups is 1. The predicted octanol–water partition coefficient (Wildman–Crippen LogP) is 3.69. The van der Waals surface area contributed by atoms with Gasteiger partial charge in [-0.25, -0.2) is 4.98 Å². The fourth-order valence-electron chi connectivity index (χ4n) is 2.92. The predicted molar refractivity (Wildman–Crippen MR) is 122 cm³/mol. The lowest BCUT2D eigenvalue weighted by atomic mass is 10.3. The van der Waals surface area contributed by atoms with Crippen LogP contribution in [0, 0.1) is 0 Å². The first-order chi connectivity index (χ1) is 12.7. The molecule has 8 heteroatoms. The van der Waals surface area contributed by atoms with E-state index in [2.05, 4.69) is 27.5 Å². The van der Waals surface area contributed by atoms with Crippen LogP contribution in [0.15, 0.2) is 11.2 Å². The number of nitrogens with zero attached hydrogens (tertiary/aromatic N) is 2. The molecule has 0 bridgehead atoms. The number of aryl methyl sites for hydroxylation is 1. The molecule has 0 atom stereocenters. The van der Waals surface area contributed by atoms with Crippen molar-refractivity contribution in [2.75, 3.05) is 19.6 Å². The van der Waals surface area contributed by atoms with E-state index in [1.54, 1.807) is 11.3 Å². The zero-order valence-corrected chi connectivity index (χ0v) is 19.6. The van der Waals surface area contributed by atoms with Crippen LogP contribution in [0.4, 0.5) is 0 Å². The number of rotatable bonds is 10. The maximum atomic E-state index is 11.8. The van der Waals surface area contributed by atoms with Crippen LogP contribution in [0.1, 0.15) is 62.3 Å². The Bertz CT molecular complexity index is 574. The zero-order valence-electron chi connectivity index (χ0n) is 16.5. The lowest BCUT2D eigenvalue weighted by molar-refractivity contribution is -0.148. The van der Waals surface area contributed by atoms with Crippen LogP contribution in [0.5, 0.6) is 0 Å². The van der Waals surface area contributed by atoms with Gasteiger partial charge in [0.25, 0.3) is 0 Å². The van der Waals surface area contributed by atoms with Crippen molar-refractivity contribution in [3.05, 3.63) is 16.1 Å². The minimum absolute atomic E-state index is 0. The van der Waals surface area contributed by atoms with E-state index in [0.29, 0.717) is 19.4 Å². The van der Waals surface area contributed by atoms with Gasteiger partial charge in [0.2, 0.25) is 0 Å². The molecular formula is C19H33IN4O2S. The molecule has 6 nitrogen and oxygen atoms in total. The molecule has 27 heavy (non-hydrogen) atoms. The second kappa shape index (κ2) is 14.1. The van der Waals surface area contributed by atoms with Gasteiger partial charge in [-0.15, -0.1) is 35.3 Å². The molecule has 0 unspecified atom stereocenters. The first kappa shape index (κ1) is 24.1. The minimum Gasteiger partial charge on any atom is -0.462 e. The lowest BCUT2D eigenvalue weighted by Gasteiger charge is -2.12. The molecule has 0 amide bonds. The van der Waals surface area contributed by atoms with Crippen molar-refractivity contribution in [2.45, 2.75) is 71.3 Å². The van der Waals surface area contributed by atoms with E-state index in [0.717, 1.165) is 49.7 Å². The Morgan fingerprint density at radius 3 is 2.78 bits per heavy atom. The van der Waals surface area contributed by atoms with Gasteiger partial charge < -0.3 is 15.4 Å². The summed E-state index contributed by atoms with van der Waals surface area (Å²) < 4.78 is 5.47. The van der Waals surface area contributed by atoms with Crippen molar-refractivity contribution < 1.29 is 9.53 Å². The maximum Gasteiger partial charge on any atom is 0.306 e. The maximum absolute atomic E-state index is 11.8. The van der Waals surface area contributed by atoms with Gasteiger partial charge in [0, 0.05) is 43.5 Å². The number of hydrogen-bond donors (Lipinski definition) is 2. The summed E-state index contributed by atoms with van der Waals surface area (Å²) in [7, 11) is 0. The van der Waals surface area contributed by atoms with E-state index in [1.165, 1.54) is 17.7 Å². The van der Waals surface area contributed by atoms with E-state index in [-0.39, 0.29) is 36.0 Å². The molecule has 2 rings (SSSR count). The largest absolute Gasteiger partial charge is 0.462 e. The van der Waals surface area contributed by atoms with Crippen LogP contribution in [0.3, 0.4) is 0 Å². The SMILES string of the molecule is CCNC(=NCCCC(=O)OC1CCCC1)NCCc1ncc(CC)s1.I. The number of ether oxygens (including phenoxy) is 1. The summed E-state index contributed by atoms with van der Waals surface area (Å²) in [5.41, 5.74) is 0. The molecule has 0 radical (unpaired) electrons. The van der Waals surface area contributed by atoms with Crippen molar-refractivity contribution in [2.24, 2.45) is 4.99 Å². The Labute approximate surface area is 184 Å². The molecule has 0 aliphatic heterocycles. The molecule has 1 aromatic heterocycles. The van der Waals surface area contributed by atoms with Gasteiger partial charge in [0.15, 0.2) is 5.96 Å². The van der Waals surface area contributed by atoms with Gasteiger partial charge in [-0.05, 0) is 45.4 Å². The van der Waals surface area contributed by atoms with Crippen LogP contribution in [-0.2, 0) is 22.4 Å². The highest BCUT2D eigenvalue weighted by molar-refractivity contribution is 14.0. The average molecular weight is 508 g/mol. The first-order valence-corrected chi connectivity index (χ1v) is 10.7. The van der Waals surface area contributed by atoms with E-state index >= 15 is 0 Å². The van der Waals surface area contributed by atoms with Crippen molar-refractivity contribution in [1.82, 2.24) is 15.6 Å². The molecular weight excluding hydrogens is 475 g/mol. The summed E-state index contributed by atoms with van der Waals surface area (Å²) in [6, 6.07) is 0. The van der Waals surface area contributed by atoms with Crippen molar-refractivity contribution in [3.63, 3.8) is 0 Å². The van der Waals surface area contributed by atoms with Crippen LogP contribution >= 0.6 is 35.3 Å². The number of nitrogens with one attached hydrogen (secondary N) is 2. The smallest absolute Gasteiger partial charge is 0.306 e. The summed E-state index contributed by atoms with van der Waals surface area (Å²) in [4.78, 5) is 22.1. The monoisotopic (exact) mass is 508 g/mol. The quantitative estimate of drug-likeness (QED) is 0.166. The molecule has 0 saturated heterocycles. The summed E-state index contributed by atoms with van der Waals surface area (Å²) in [5.74, 6) is 0.712. The van der Waals surface area contributed by atoms with E-state index in [1.807, 2.05) is 13.1 Å². The summed E-state index contributed by atoms with van der Waals surface area (Å²) >= 11 is 1.77. The Balaban J connectivity index is 0.00000364. The second-order valence-corrected chi connectivity index (χ2v) is 7.71. The molecule has 1 aromatic rings. The minimum atomic E-state index is -0.0828. The van der Waals surface area contributed by atoms with Crippen molar-refractivity contribution >= 4 is 47.2 Å². The summed E-state index contributed by atoms with van der Waals surface area (Å²) in [6.45, 7) is 6.42. The molecule has 1 fully saturated rings. The number of hydrogen-bond acceptors (Lipinski definition) is 5. The Kier molecular flexibility index (Phi) is 12.6. The van der Waals surface area contributed by atoms with Gasteiger partial charge in [-0.1, -0.05) is 6.92 Å². The third-order valence-corrected chi connectivity index (χ3v) is 5.54. The standard InChI is InChI=1S/C19H32N4O2S.HI/c1-3-16-14-23-17(26-16)11-13-22-19(20-4-2)21-12-7-10-18(24)25-15-8-5-6-9-15;/h14-15H,3-13H2,1-2H3,(H2,20,21,22);1H. The highest BCUT2D eigenvalue weighted by Gasteiger charge is 2.18. The zero-order chi connectivity index (χ0) is 18.6. The Morgan fingerprint density at radius 1 is 1.33 bits per heavy atom. The first-order valence-electron chi connectivity index (χ1n) is 9.86. The Hall–Kier alpha value is -0.900. The van der Waals surface area contributed by atoms with Crippen LogP contribution in [0.2, 0.25) is 0 Å². The van der Waals surface area contributed by atoms with Gasteiger partial charge in [-0.3, -0.25) is 9.79 Å². The van der Waals surface area contributed by atoms with Crippen LogP contribution < -0.4 is 10.6 Å². The number of aromatic nitrogens is 1. The number of thiazole rings is 1. The molecule has 1 aliphatic carbocycles. The van der Waals surface area contributed by atoms with Crippen molar-refractivity contribution in [3.8, 4) is 0 Å². The number of carbonyl (C=O) groups excluding carboxylic acids is 1. The summed E-state index contributed by atoms with van der Waals surface area (Å²) in [5, 5.41) is 7.72. The lowest BCUT2D eigenvalue weighted by Crippen LogP contribution is -2.38. The van der Waals surface area contributed by atoms with Crippen molar-refractivity contribution in [1.29, 1.82) is 0 Å². The van der Waals surface area contributed by atoms with Gasteiger partial charge in [0.05, 0.1) is 5.01 Å². The van der Waals surface area contributed by atoms with E-state index in [4.69, 9.17) is 4.74 Å². The highest BCUT2D eigenvalue weighted by atomic mass is 127. The van der Waals surface area contributed by atoms with Gasteiger partial charge in [0.1, 0.15) is 6.10 Å². The third kappa shape index (κ3) is 9.73. The number of esters is 1. The molecule has 0 spiro atoms. The van der Waals surface area contributed by atoms with Gasteiger partial charge >= 0.3 is 5.97 Å². The highest BCUT2D eigenvalue weighted by Crippen LogP contribution is 2.21. The number of aliphatic imine (C=N–C) groups is 1. The molecule has 2 N–H and O–H groups in total. The fraction of sp³-hybridized carbons (Fsp3) is 0.737. The third-order valence-electron chi connectivity index (χ3n) is 4.33. The fourth-order valence-corrected chi connectivity index (χ4v) is 3.78. The van der Waals surface area contributed by atoms with Crippen LogP contribution in [-0.4, -0.2) is 42.7 Å². The topological polar surface area (TPSA) is 75.6 Å². The number of halogens is 1. The molecule has 1 heterocycles.